The Labute approximate surface area is 109 Å². The van der Waals surface area contributed by atoms with Crippen LogP contribution in [-0.4, -0.2) is 81.3 Å². The molecule has 0 unspecified atom stereocenters. The van der Waals surface area contributed by atoms with Crippen LogP contribution >= 0.6 is 0 Å². The molecule has 3 N–H and O–H groups in total. The summed E-state index contributed by atoms with van der Waals surface area (Å²) in [5.41, 5.74) is 5.04. The number of primary amides is 1. The van der Waals surface area contributed by atoms with Gasteiger partial charge in [-0.1, -0.05) is 0 Å². The molecule has 1 heterocycles. The Morgan fingerprint density at radius 1 is 1.38 bits per heavy atom. The summed E-state index contributed by atoms with van der Waals surface area (Å²) in [5.74, 6) is -0.190. The van der Waals surface area contributed by atoms with Crippen LogP contribution in [0.15, 0.2) is 0 Å². The van der Waals surface area contributed by atoms with E-state index in [0.29, 0.717) is 6.42 Å². The zero-order chi connectivity index (χ0) is 8.81. The van der Waals surface area contributed by atoms with Gasteiger partial charge in [0.2, 0.25) is 5.91 Å². The molecular formula is C8H19CaN3O. The van der Waals surface area contributed by atoms with E-state index in [9.17, 15) is 4.79 Å². The van der Waals surface area contributed by atoms with Crippen LogP contribution in [0.4, 0.5) is 0 Å². The van der Waals surface area contributed by atoms with Gasteiger partial charge < -0.3 is 16.0 Å². The average Bonchev–Trinajstić information content (AvgIpc) is 2.05. The third kappa shape index (κ3) is 6.68. The van der Waals surface area contributed by atoms with Crippen molar-refractivity contribution in [2.24, 2.45) is 5.73 Å². The Kier molecular flexibility index (Phi) is 8.40. The number of hydrogen-bond acceptors (Lipinski definition) is 3. The number of nitrogens with zero attached hydrogens (tertiary/aromatic N) is 1. The minimum absolute atomic E-state index is 0. The number of carbonyl (C=O) groups excluding carboxylic acids is 1. The Morgan fingerprint density at radius 2 is 2.00 bits per heavy atom. The molecule has 4 nitrogen and oxygen atoms in total. The van der Waals surface area contributed by atoms with Crippen molar-refractivity contribution in [1.82, 2.24) is 10.2 Å². The molecule has 1 rings (SSSR count). The summed E-state index contributed by atoms with van der Waals surface area (Å²) < 4.78 is 0. The molecule has 0 saturated carbocycles. The Bertz CT molecular complexity index is 148. The van der Waals surface area contributed by atoms with Crippen LogP contribution in [0.1, 0.15) is 12.8 Å². The monoisotopic (exact) mass is 213 g/mol. The summed E-state index contributed by atoms with van der Waals surface area (Å²) in [6, 6.07) is 0. The van der Waals surface area contributed by atoms with Crippen molar-refractivity contribution in [3.05, 3.63) is 0 Å². The normalized spacial score (nSPS) is 17.8. The number of nitrogens with one attached hydrogen (secondary N) is 1. The van der Waals surface area contributed by atoms with Crippen LogP contribution in [0, 0.1) is 0 Å². The summed E-state index contributed by atoms with van der Waals surface area (Å²) in [4.78, 5) is 12.8. The van der Waals surface area contributed by atoms with Gasteiger partial charge in [0.05, 0.1) is 0 Å². The van der Waals surface area contributed by atoms with E-state index < -0.39 is 0 Å². The number of rotatable bonds is 4. The quantitative estimate of drug-likeness (QED) is 0.544. The van der Waals surface area contributed by atoms with Gasteiger partial charge in [-0.25, -0.2) is 0 Å². The molecule has 0 radical (unpaired) electrons. The van der Waals surface area contributed by atoms with Crippen molar-refractivity contribution in [1.29, 1.82) is 0 Å². The van der Waals surface area contributed by atoms with Crippen LogP contribution in [0.3, 0.4) is 0 Å². The van der Waals surface area contributed by atoms with Crippen molar-refractivity contribution in [2.45, 2.75) is 12.8 Å². The van der Waals surface area contributed by atoms with Crippen LogP contribution in [-0.2, 0) is 4.79 Å². The average molecular weight is 213 g/mol. The first-order chi connectivity index (χ1) is 5.79. The third-order valence-electron chi connectivity index (χ3n) is 2.11. The number of piperazine rings is 1. The molecule has 13 heavy (non-hydrogen) atoms. The van der Waals surface area contributed by atoms with Gasteiger partial charge in [-0.05, 0) is 13.0 Å². The Morgan fingerprint density at radius 3 is 2.54 bits per heavy atom. The van der Waals surface area contributed by atoms with Crippen LogP contribution in [0.2, 0.25) is 0 Å². The van der Waals surface area contributed by atoms with E-state index in [4.69, 9.17) is 5.73 Å². The summed E-state index contributed by atoms with van der Waals surface area (Å²) in [5, 5.41) is 3.28. The summed E-state index contributed by atoms with van der Waals surface area (Å²) in [6.07, 6.45) is 1.42. The van der Waals surface area contributed by atoms with Gasteiger partial charge in [-0.15, -0.1) is 0 Å². The van der Waals surface area contributed by atoms with Crippen molar-refractivity contribution in [3.8, 4) is 0 Å². The second-order valence-electron chi connectivity index (χ2n) is 3.16. The van der Waals surface area contributed by atoms with Crippen LogP contribution in [0.25, 0.3) is 0 Å². The second kappa shape index (κ2) is 8.00. The molecule has 0 spiro atoms. The van der Waals surface area contributed by atoms with E-state index in [-0.39, 0.29) is 43.6 Å². The van der Waals surface area contributed by atoms with Crippen molar-refractivity contribution in [3.63, 3.8) is 0 Å². The van der Waals surface area contributed by atoms with Gasteiger partial charge in [-0.2, -0.15) is 0 Å². The maximum absolute atomic E-state index is 10.4. The fraction of sp³-hybridized carbons (Fsp3) is 0.875. The predicted molar refractivity (Wildman–Crippen MR) is 56.3 cm³/mol. The molecule has 1 saturated heterocycles. The summed E-state index contributed by atoms with van der Waals surface area (Å²) in [7, 11) is 0. The van der Waals surface area contributed by atoms with Gasteiger partial charge in [0.25, 0.3) is 0 Å². The van der Waals surface area contributed by atoms with Crippen molar-refractivity contribution in [2.75, 3.05) is 32.7 Å². The molecule has 5 heteroatoms. The van der Waals surface area contributed by atoms with Crippen molar-refractivity contribution >= 4 is 43.6 Å². The Balaban J connectivity index is 0.00000144. The molecule has 1 aliphatic rings. The topological polar surface area (TPSA) is 58.4 Å². The minimum atomic E-state index is -0.190. The van der Waals surface area contributed by atoms with Gasteiger partial charge in [-0.3, -0.25) is 4.79 Å². The van der Waals surface area contributed by atoms with E-state index in [1.807, 2.05) is 0 Å². The van der Waals surface area contributed by atoms with E-state index in [2.05, 4.69) is 10.2 Å². The standard InChI is InChI=1S/C8H17N3O.Ca.2H/c9-8(12)2-1-5-11-6-3-10-4-7-11;;;/h10H,1-7H2,(H2,9,12);;;. The molecule has 0 aromatic rings. The molecule has 1 fully saturated rings. The number of carbonyl (C=O) groups is 1. The molecule has 0 aromatic heterocycles. The number of nitrogens with two attached hydrogens (primary N) is 1. The van der Waals surface area contributed by atoms with E-state index >= 15 is 0 Å². The summed E-state index contributed by atoms with van der Waals surface area (Å²) in [6.45, 7) is 5.33. The molecule has 1 amide bonds. The van der Waals surface area contributed by atoms with E-state index in [1.165, 1.54) is 0 Å². The fourth-order valence-corrected chi connectivity index (χ4v) is 1.41. The first-order valence-electron chi connectivity index (χ1n) is 4.50. The van der Waals surface area contributed by atoms with Gasteiger partial charge in [0.1, 0.15) is 0 Å². The number of hydrogen-bond donors (Lipinski definition) is 2. The van der Waals surface area contributed by atoms with E-state index in [1.54, 1.807) is 0 Å². The van der Waals surface area contributed by atoms with Gasteiger partial charge in [0, 0.05) is 32.6 Å². The molecule has 1 aliphatic heterocycles. The zero-order valence-corrected chi connectivity index (χ0v) is 7.38. The molecular weight excluding hydrogens is 194 g/mol. The molecule has 0 bridgehead atoms. The molecule has 0 aliphatic carbocycles. The predicted octanol–water partition coefficient (Wildman–Crippen LogP) is -1.76. The Hall–Kier alpha value is 0.650. The first-order valence-corrected chi connectivity index (χ1v) is 4.50. The van der Waals surface area contributed by atoms with Crippen LogP contribution in [0.5, 0.6) is 0 Å². The van der Waals surface area contributed by atoms with Crippen molar-refractivity contribution < 1.29 is 4.79 Å². The molecule has 74 valence electrons. The maximum atomic E-state index is 10.4. The van der Waals surface area contributed by atoms with Gasteiger partial charge in [0.15, 0.2) is 0 Å². The second-order valence-corrected chi connectivity index (χ2v) is 3.16. The number of amides is 1. The summed E-state index contributed by atoms with van der Waals surface area (Å²) >= 11 is 0. The van der Waals surface area contributed by atoms with Gasteiger partial charge >= 0.3 is 37.7 Å². The molecule has 0 aromatic carbocycles. The third-order valence-corrected chi connectivity index (χ3v) is 2.11. The fourth-order valence-electron chi connectivity index (χ4n) is 1.41. The van der Waals surface area contributed by atoms with E-state index in [0.717, 1.165) is 39.1 Å². The first kappa shape index (κ1) is 13.6. The van der Waals surface area contributed by atoms with Crippen LogP contribution < -0.4 is 11.1 Å². The zero-order valence-electron chi connectivity index (χ0n) is 7.38. The SMILES string of the molecule is NC(=O)CCCN1CCNCC1.[CaH2]. The molecule has 0 atom stereocenters.